The molecule has 1 heterocycles. The average molecular weight is 304 g/mol. The van der Waals surface area contributed by atoms with E-state index in [0.717, 1.165) is 6.42 Å². The van der Waals surface area contributed by atoms with Crippen molar-refractivity contribution in [3.63, 3.8) is 0 Å². The van der Waals surface area contributed by atoms with E-state index in [-0.39, 0.29) is 35.5 Å². The molecule has 2 bridgehead atoms. The molecule has 5 heteroatoms. The number of hydrogen-bond acceptors (Lipinski definition) is 3. The van der Waals surface area contributed by atoms with Crippen LogP contribution >= 0.6 is 11.6 Å². The lowest BCUT2D eigenvalue weighted by Gasteiger charge is -2.19. The van der Waals surface area contributed by atoms with Gasteiger partial charge >= 0.3 is 0 Å². The smallest absolute Gasteiger partial charge is 0.238 e. The molecule has 0 N–H and O–H groups in total. The third-order valence-corrected chi connectivity index (χ3v) is 5.09. The molecule has 4 atom stereocenters. The SMILES string of the molecule is COc1cc(Cl)ccc1N1C(=O)[C@@H]2[C@H](C1=O)[C@@H]1C=C[C@H]2C1. The maximum absolute atomic E-state index is 12.7. The second kappa shape index (κ2) is 4.34. The summed E-state index contributed by atoms with van der Waals surface area (Å²) in [5, 5.41) is 0.511. The summed E-state index contributed by atoms with van der Waals surface area (Å²) in [6, 6.07) is 4.96. The molecule has 1 aliphatic heterocycles. The number of rotatable bonds is 2. The van der Waals surface area contributed by atoms with Crippen LogP contribution in [0.25, 0.3) is 0 Å². The summed E-state index contributed by atoms with van der Waals surface area (Å²) >= 11 is 5.95. The highest BCUT2D eigenvalue weighted by Crippen LogP contribution is 2.53. The Morgan fingerprint density at radius 1 is 1.14 bits per heavy atom. The molecule has 1 aromatic carbocycles. The number of methoxy groups -OCH3 is 1. The van der Waals surface area contributed by atoms with Crippen molar-refractivity contribution < 1.29 is 14.3 Å². The van der Waals surface area contributed by atoms with Crippen LogP contribution in [0.15, 0.2) is 30.4 Å². The Labute approximate surface area is 127 Å². The van der Waals surface area contributed by atoms with Gasteiger partial charge in [-0.15, -0.1) is 0 Å². The molecule has 3 aliphatic rings. The van der Waals surface area contributed by atoms with Crippen molar-refractivity contribution >= 4 is 29.1 Å². The van der Waals surface area contributed by atoms with E-state index < -0.39 is 0 Å². The minimum absolute atomic E-state index is 0.109. The number of ether oxygens (including phenoxy) is 1. The Hall–Kier alpha value is -1.81. The van der Waals surface area contributed by atoms with Crippen LogP contribution in [0.2, 0.25) is 5.02 Å². The Morgan fingerprint density at radius 2 is 1.76 bits per heavy atom. The van der Waals surface area contributed by atoms with Crippen molar-refractivity contribution in [2.45, 2.75) is 6.42 Å². The van der Waals surface area contributed by atoms with Crippen molar-refractivity contribution in [1.82, 2.24) is 0 Å². The first-order valence-corrected chi connectivity index (χ1v) is 7.39. The Kier molecular flexibility index (Phi) is 2.67. The predicted octanol–water partition coefficient (Wildman–Crippen LogP) is 2.66. The number of fused-ring (bicyclic) bond motifs is 5. The van der Waals surface area contributed by atoms with E-state index in [2.05, 4.69) is 12.2 Å². The Bertz CT molecular complexity index is 654. The van der Waals surface area contributed by atoms with Gasteiger partial charge in [0.2, 0.25) is 11.8 Å². The van der Waals surface area contributed by atoms with E-state index in [9.17, 15) is 9.59 Å². The van der Waals surface area contributed by atoms with Crippen molar-refractivity contribution in [2.24, 2.45) is 23.7 Å². The second-order valence-corrected chi connectivity index (χ2v) is 6.26. The van der Waals surface area contributed by atoms with Crippen LogP contribution in [-0.2, 0) is 9.59 Å². The summed E-state index contributed by atoms with van der Waals surface area (Å²) in [4.78, 5) is 26.7. The molecule has 0 aromatic heterocycles. The van der Waals surface area contributed by atoms with Crippen LogP contribution in [0.5, 0.6) is 5.75 Å². The number of allylic oxidation sites excluding steroid dienone is 2. The monoisotopic (exact) mass is 303 g/mol. The van der Waals surface area contributed by atoms with E-state index in [0.29, 0.717) is 16.5 Å². The lowest BCUT2D eigenvalue weighted by Crippen LogP contribution is -2.33. The van der Waals surface area contributed by atoms with Crippen molar-refractivity contribution in [1.29, 1.82) is 0 Å². The number of carbonyl (C=O) groups is 2. The van der Waals surface area contributed by atoms with Crippen molar-refractivity contribution in [3.05, 3.63) is 35.4 Å². The molecule has 0 radical (unpaired) electrons. The fourth-order valence-corrected chi connectivity index (χ4v) is 4.14. The standard InChI is InChI=1S/C16H14ClNO3/c1-21-12-7-10(17)4-5-11(12)18-15(19)13-8-2-3-9(6-8)14(13)16(18)20/h2-5,7-9,13-14H,6H2,1H3/t8-,9+,13-,14+. The molecule has 2 fully saturated rings. The topological polar surface area (TPSA) is 46.6 Å². The first-order valence-electron chi connectivity index (χ1n) is 7.01. The number of carbonyl (C=O) groups excluding carboxylic acids is 2. The quantitative estimate of drug-likeness (QED) is 0.623. The second-order valence-electron chi connectivity index (χ2n) is 5.83. The van der Waals surface area contributed by atoms with E-state index >= 15 is 0 Å². The first-order chi connectivity index (χ1) is 10.1. The maximum Gasteiger partial charge on any atom is 0.238 e. The largest absolute Gasteiger partial charge is 0.495 e. The van der Waals surface area contributed by atoms with Crippen LogP contribution in [0, 0.1) is 23.7 Å². The van der Waals surface area contributed by atoms with E-state index in [1.807, 2.05) is 0 Å². The summed E-state index contributed by atoms with van der Waals surface area (Å²) in [6.45, 7) is 0. The van der Waals surface area contributed by atoms with Crippen LogP contribution in [0.1, 0.15) is 6.42 Å². The highest BCUT2D eigenvalue weighted by Gasteiger charge is 2.59. The molecule has 1 saturated carbocycles. The van der Waals surface area contributed by atoms with E-state index in [1.165, 1.54) is 12.0 Å². The summed E-state index contributed by atoms with van der Waals surface area (Å²) in [7, 11) is 1.51. The van der Waals surface area contributed by atoms with Crippen LogP contribution in [-0.4, -0.2) is 18.9 Å². The van der Waals surface area contributed by atoms with Crippen LogP contribution in [0.3, 0.4) is 0 Å². The van der Waals surface area contributed by atoms with Crippen LogP contribution < -0.4 is 9.64 Å². The zero-order chi connectivity index (χ0) is 14.7. The highest BCUT2D eigenvalue weighted by molar-refractivity contribution is 6.31. The highest BCUT2D eigenvalue weighted by atomic mass is 35.5. The lowest BCUT2D eigenvalue weighted by molar-refractivity contribution is -0.123. The van der Waals surface area contributed by atoms with Gasteiger partial charge in [0.1, 0.15) is 5.75 Å². The van der Waals surface area contributed by atoms with Gasteiger partial charge in [0.25, 0.3) is 0 Å². The average Bonchev–Trinajstić information content (AvgIpc) is 3.14. The molecule has 0 spiro atoms. The molecule has 21 heavy (non-hydrogen) atoms. The molecular formula is C16H14ClNO3. The van der Waals surface area contributed by atoms with Gasteiger partial charge in [0.15, 0.2) is 0 Å². The lowest BCUT2D eigenvalue weighted by atomic mass is 9.85. The zero-order valence-electron chi connectivity index (χ0n) is 11.5. The van der Waals surface area contributed by atoms with Gasteiger partial charge in [-0.3, -0.25) is 9.59 Å². The van der Waals surface area contributed by atoms with Gasteiger partial charge < -0.3 is 4.74 Å². The van der Waals surface area contributed by atoms with Crippen molar-refractivity contribution in [2.75, 3.05) is 12.0 Å². The van der Waals surface area contributed by atoms with Gasteiger partial charge in [0.05, 0.1) is 24.6 Å². The molecule has 4 rings (SSSR count). The summed E-state index contributed by atoms with van der Waals surface area (Å²) in [6.07, 6.45) is 5.09. The molecule has 2 amide bonds. The van der Waals surface area contributed by atoms with E-state index in [4.69, 9.17) is 16.3 Å². The third kappa shape index (κ3) is 1.62. The summed E-state index contributed by atoms with van der Waals surface area (Å²) in [5.74, 6) is 0.245. The van der Waals surface area contributed by atoms with Crippen LogP contribution in [0.4, 0.5) is 5.69 Å². The first kappa shape index (κ1) is 12.9. The summed E-state index contributed by atoms with van der Waals surface area (Å²) < 4.78 is 5.28. The number of amides is 2. The molecule has 1 saturated heterocycles. The van der Waals surface area contributed by atoms with Gasteiger partial charge in [-0.05, 0) is 30.4 Å². The number of benzene rings is 1. The number of imide groups is 1. The molecule has 4 nitrogen and oxygen atoms in total. The van der Waals surface area contributed by atoms with E-state index in [1.54, 1.807) is 18.2 Å². The number of nitrogens with zero attached hydrogens (tertiary/aromatic N) is 1. The van der Waals surface area contributed by atoms with Gasteiger partial charge in [-0.2, -0.15) is 0 Å². The Balaban J connectivity index is 1.78. The number of anilines is 1. The zero-order valence-corrected chi connectivity index (χ0v) is 12.2. The third-order valence-electron chi connectivity index (χ3n) is 4.85. The Morgan fingerprint density at radius 3 is 2.33 bits per heavy atom. The summed E-state index contributed by atoms with van der Waals surface area (Å²) in [5.41, 5.74) is 0.491. The molecule has 0 unspecified atom stereocenters. The normalized spacial score (nSPS) is 33.0. The minimum atomic E-state index is -0.201. The minimum Gasteiger partial charge on any atom is -0.495 e. The fourth-order valence-electron chi connectivity index (χ4n) is 3.98. The molecule has 108 valence electrons. The number of halogens is 1. The van der Waals surface area contributed by atoms with Gasteiger partial charge in [-0.1, -0.05) is 23.8 Å². The maximum atomic E-state index is 12.7. The fraction of sp³-hybridized carbons (Fsp3) is 0.375. The predicted molar refractivity (Wildman–Crippen MR) is 78.2 cm³/mol. The van der Waals surface area contributed by atoms with Gasteiger partial charge in [0, 0.05) is 11.1 Å². The molecule has 1 aromatic rings. The van der Waals surface area contributed by atoms with Gasteiger partial charge in [-0.25, -0.2) is 4.90 Å². The van der Waals surface area contributed by atoms with Crippen molar-refractivity contribution in [3.8, 4) is 5.75 Å². The number of hydrogen-bond donors (Lipinski definition) is 0. The molecule has 2 aliphatic carbocycles. The molecular weight excluding hydrogens is 290 g/mol.